The van der Waals surface area contributed by atoms with Gasteiger partial charge >= 0.3 is 0 Å². The molecule has 0 bridgehead atoms. The molecule has 1 fully saturated rings. The van der Waals surface area contributed by atoms with Gasteiger partial charge in [0.05, 0.1) is 13.7 Å². The van der Waals surface area contributed by atoms with E-state index in [0.29, 0.717) is 13.2 Å². The Morgan fingerprint density at radius 3 is 2.53 bits per heavy atom. The van der Waals surface area contributed by atoms with Crippen molar-refractivity contribution in [3.8, 4) is 5.75 Å². The average molecular weight is 235 g/mol. The Labute approximate surface area is 103 Å². The largest absolute Gasteiger partial charge is 0.497 e. The molecule has 1 saturated carbocycles. The number of nitrogens with two attached hydrogens (primary N) is 1. The van der Waals surface area contributed by atoms with Gasteiger partial charge in [0.2, 0.25) is 0 Å². The molecule has 1 aliphatic rings. The van der Waals surface area contributed by atoms with Gasteiger partial charge in [0, 0.05) is 19.1 Å². The van der Waals surface area contributed by atoms with E-state index in [9.17, 15) is 0 Å². The maximum absolute atomic E-state index is 5.98. The summed E-state index contributed by atoms with van der Waals surface area (Å²) < 4.78 is 10.6. The standard InChI is InChI=1S/C14H21NO2/c1-16-9-11-4-5-12(17-2)8-13(11)14(10-15)6-3-7-14/h4-5,8H,3,6-7,9-10,15H2,1-2H3. The number of rotatable bonds is 5. The van der Waals surface area contributed by atoms with Crippen molar-refractivity contribution in [2.45, 2.75) is 31.3 Å². The maximum Gasteiger partial charge on any atom is 0.119 e. The van der Waals surface area contributed by atoms with Gasteiger partial charge in [-0.15, -0.1) is 0 Å². The van der Waals surface area contributed by atoms with E-state index in [0.717, 1.165) is 5.75 Å². The van der Waals surface area contributed by atoms with Crippen LogP contribution < -0.4 is 10.5 Å². The molecule has 0 aromatic heterocycles. The summed E-state index contributed by atoms with van der Waals surface area (Å²) in [5.41, 5.74) is 8.68. The van der Waals surface area contributed by atoms with Crippen molar-refractivity contribution in [3.05, 3.63) is 29.3 Å². The minimum atomic E-state index is 0.155. The van der Waals surface area contributed by atoms with Crippen LogP contribution in [-0.2, 0) is 16.8 Å². The van der Waals surface area contributed by atoms with E-state index in [2.05, 4.69) is 12.1 Å². The van der Waals surface area contributed by atoms with Gasteiger partial charge in [0.15, 0.2) is 0 Å². The van der Waals surface area contributed by atoms with Gasteiger partial charge < -0.3 is 15.2 Å². The normalized spacial score (nSPS) is 17.6. The molecule has 0 amide bonds. The van der Waals surface area contributed by atoms with E-state index in [-0.39, 0.29) is 5.41 Å². The fourth-order valence-corrected chi connectivity index (χ4v) is 2.64. The number of hydrogen-bond donors (Lipinski definition) is 1. The van der Waals surface area contributed by atoms with E-state index in [1.54, 1.807) is 14.2 Å². The van der Waals surface area contributed by atoms with Crippen molar-refractivity contribution in [1.82, 2.24) is 0 Å². The van der Waals surface area contributed by atoms with Crippen LogP contribution >= 0.6 is 0 Å². The average Bonchev–Trinajstić information content (AvgIpc) is 2.30. The fraction of sp³-hybridized carbons (Fsp3) is 0.571. The van der Waals surface area contributed by atoms with Crippen molar-refractivity contribution in [2.24, 2.45) is 5.73 Å². The molecule has 2 rings (SSSR count). The van der Waals surface area contributed by atoms with Gasteiger partial charge in [-0.1, -0.05) is 12.5 Å². The van der Waals surface area contributed by atoms with Crippen LogP contribution in [0.1, 0.15) is 30.4 Å². The Balaban J connectivity index is 2.40. The summed E-state index contributed by atoms with van der Waals surface area (Å²) in [6.45, 7) is 1.35. The van der Waals surface area contributed by atoms with Gasteiger partial charge in [0.25, 0.3) is 0 Å². The zero-order valence-electron chi connectivity index (χ0n) is 10.7. The van der Waals surface area contributed by atoms with Crippen LogP contribution in [0, 0.1) is 0 Å². The highest BCUT2D eigenvalue weighted by Crippen LogP contribution is 2.45. The quantitative estimate of drug-likeness (QED) is 0.851. The van der Waals surface area contributed by atoms with Crippen molar-refractivity contribution < 1.29 is 9.47 Å². The second-order valence-electron chi connectivity index (χ2n) is 4.79. The Kier molecular flexibility index (Phi) is 3.69. The molecule has 94 valence electrons. The molecule has 17 heavy (non-hydrogen) atoms. The summed E-state index contributed by atoms with van der Waals surface area (Å²) >= 11 is 0. The minimum absolute atomic E-state index is 0.155. The highest BCUT2D eigenvalue weighted by Gasteiger charge is 2.38. The molecule has 1 aromatic rings. The second-order valence-corrected chi connectivity index (χ2v) is 4.79. The molecule has 1 aliphatic carbocycles. The predicted molar refractivity (Wildman–Crippen MR) is 68.3 cm³/mol. The molecule has 2 N–H and O–H groups in total. The first-order chi connectivity index (χ1) is 8.25. The van der Waals surface area contributed by atoms with Crippen molar-refractivity contribution >= 4 is 0 Å². The third-order valence-electron chi connectivity index (χ3n) is 3.89. The Hall–Kier alpha value is -1.06. The summed E-state index contributed by atoms with van der Waals surface area (Å²) in [6.07, 6.45) is 3.61. The van der Waals surface area contributed by atoms with Crippen LogP contribution in [0.15, 0.2) is 18.2 Å². The number of benzene rings is 1. The van der Waals surface area contributed by atoms with Crippen molar-refractivity contribution in [2.75, 3.05) is 20.8 Å². The van der Waals surface area contributed by atoms with E-state index in [1.807, 2.05) is 6.07 Å². The number of hydrogen-bond acceptors (Lipinski definition) is 3. The summed E-state index contributed by atoms with van der Waals surface area (Å²) in [5, 5.41) is 0. The van der Waals surface area contributed by atoms with Crippen molar-refractivity contribution in [3.63, 3.8) is 0 Å². The minimum Gasteiger partial charge on any atom is -0.497 e. The first kappa shape index (κ1) is 12.4. The van der Waals surface area contributed by atoms with Gasteiger partial charge in [-0.25, -0.2) is 0 Å². The lowest BCUT2D eigenvalue weighted by Gasteiger charge is -2.42. The SMILES string of the molecule is COCc1ccc(OC)cc1C1(CN)CCC1. The highest BCUT2D eigenvalue weighted by atomic mass is 16.5. The monoisotopic (exact) mass is 235 g/mol. The second kappa shape index (κ2) is 5.07. The lowest BCUT2D eigenvalue weighted by molar-refractivity contribution is 0.178. The molecule has 0 heterocycles. The van der Waals surface area contributed by atoms with E-state index in [4.69, 9.17) is 15.2 Å². The smallest absolute Gasteiger partial charge is 0.119 e. The van der Waals surface area contributed by atoms with Crippen LogP contribution in [0.3, 0.4) is 0 Å². The zero-order valence-corrected chi connectivity index (χ0v) is 10.7. The lowest BCUT2D eigenvalue weighted by atomic mass is 9.63. The van der Waals surface area contributed by atoms with Crippen LogP contribution in [0.5, 0.6) is 5.75 Å². The fourth-order valence-electron chi connectivity index (χ4n) is 2.64. The topological polar surface area (TPSA) is 44.5 Å². The summed E-state index contributed by atoms with van der Waals surface area (Å²) in [4.78, 5) is 0. The molecule has 0 spiro atoms. The van der Waals surface area contributed by atoms with Crippen LogP contribution in [0.2, 0.25) is 0 Å². The first-order valence-electron chi connectivity index (χ1n) is 6.12. The van der Waals surface area contributed by atoms with E-state index < -0.39 is 0 Å². The summed E-state index contributed by atoms with van der Waals surface area (Å²) in [7, 11) is 3.43. The number of methoxy groups -OCH3 is 2. The Morgan fingerprint density at radius 2 is 2.06 bits per heavy atom. The molecule has 0 atom stereocenters. The Morgan fingerprint density at radius 1 is 1.29 bits per heavy atom. The highest BCUT2D eigenvalue weighted by molar-refractivity contribution is 5.42. The lowest BCUT2D eigenvalue weighted by Crippen LogP contribution is -2.42. The molecule has 0 saturated heterocycles. The summed E-state index contributed by atoms with van der Waals surface area (Å²) in [5.74, 6) is 0.902. The van der Waals surface area contributed by atoms with Crippen LogP contribution in [-0.4, -0.2) is 20.8 Å². The molecule has 0 aliphatic heterocycles. The third kappa shape index (κ3) is 2.17. The maximum atomic E-state index is 5.98. The first-order valence-corrected chi connectivity index (χ1v) is 6.12. The zero-order chi connectivity index (χ0) is 12.3. The molecule has 1 aromatic carbocycles. The predicted octanol–water partition coefficient (Wildman–Crippen LogP) is 2.22. The van der Waals surface area contributed by atoms with Gasteiger partial charge in [0.1, 0.15) is 5.75 Å². The Bertz CT molecular complexity index is 380. The molecule has 3 nitrogen and oxygen atoms in total. The molecular weight excluding hydrogens is 214 g/mol. The number of ether oxygens (including phenoxy) is 2. The molecule has 3 heteroatoms. The van der Waals surface area contributed by atoms with Gasteiger partial charge in [-0.3, -0.25) is 0 Å². The van der Waals surface area contributed by atoms with Crippen molar-refractivity contribution in [1.29, 1.82) is 0 Å². The van der Waals surface area contributed by atoms with E-state index in [1.165, 1.54) is 30.4 Å². The van der Waals surface area contributed by atoms with Gasteiger partial charge in [-0.2, -0.15) is 0 Å². The molecule has 0 unspecified atom stereocenters. The van der Waals surface area contributed by atoms with E-state index >= 15 is 0 Å². The van der Waals surface area contributed by atoms with Crippen LogP contribution in [0.25, 0.3) is 0 Å². The molecular formula is C14H21NO2. The summed E-state index contributed by atoms with van der Waals surface area (Å²) in [6, 6.07) is 6.20. The molecule has 0 radical (unpaired) electrons. The van der Waals surface area contributed by atoms with Crippen LogP contribution in [0.4, 0.5) is 0 Å². The van der Waals surface area contributed by atoms with Gasteiger partial charge in [-0.05, 0) is 36.1 Å². The third-order valence-corrected chi connectivity index (χ3v) is 3.89.